The summed E-state index contributed by atoms with van der Waals surface area (Å²) in [6.45, 7) is 4.90. The van der Waals surface area contributed by atoms with E-state index < -0.39 is 0 Å². The molecule has 16 heavy (non-hydrogen) atoms. The van der Waals surface area contributed by atoms with E-state index in [4.69, 9.17) is 0 Å². The molecule has 1 N–H and O–H groups in total. The van der Waals surface area contributed by atoms with Crippen LogP contribution in [-0.4, -0.2) is 17.3 Å². The summed E-state index contributed by atoms with van der Waals surface area (Å²) in [6.07, 6.45) is 0. The zero-order chi connectivity index (χ0) is 12.1. The second-order valence-corrected chi connectivity index (χ2v) is 6.29. The molecule has 0 fully saturated rings. The second-order valence-electron chi connectivity index (χ2n) is 3.95. The minimum atomic E-state index is -0.00454. The summed E-state index contributed by atoms with van der Waals surface area (Å²) in [5.74, 6) is 0.505. The molecule has 88 valence electrons. The van der Waals surface area contributed by atoms with Gasteiger partial charge in [-0.05, 0) is 40.6 Å². The molecule has 1 aromatic rings. The van der Waals surface area contributed by atoms with E-state index >= 15 is 0 Å². The van der Waals surface area contributed by atoms with Gasteiger partial charge in [-0.3, -0.25) is 4.79 Å². The van der Waals surface area contributed by atoms with Crippen LogP contribution >= 0.6 is 38.5 Å². The number of nitrogens with one attached hydrogen (secondary N) is 1. The highest BCUT2D eigenvalue weighted by Crippen LogP contribution is 2.13. The molecule has 1 unspecified atom stereocenters. The average molecular weight is 396 g/mol. The lowest BCUT2D eigenvalue weighted by Crippen LogP contribution is -2.32. The van der Waals surface area contributed by atoms with Crippen LogP contribution < -0.4 is 5.32 Å². The number of hydrogen-bond acceptors (Lipinski definition) is 1. The molecule has 1 aromatic carbocycles. The van der Waals surface area contributed by atoms with E-state index in [-0.39, 0.29) is 5.91 Å². The van der Waals surface area contributed by atoms with Gasteiger partial charge in [0.05, 0.1) is 5.56 Å². The van der Waals surface area contributed by atoms with Crippen LogP contribution in [0, 0.1) is 9.49 Å². The third kappa shape index (κ3) is 4.05. The summed E-state index contributed by atoms with van der Waals surface area (Å²) in [7, 11) is 0. The van der Waals surface area contributed by atoms with Crippen LogP contribution in [0.25, 0.3) is 0 Å². The summed E-state index contributed by atoms with van der Waals surface area (Å²) in [5.41, 5.74) is 0.742. The van der Waals surface area contributed by atoms with Gasteiger partial charge in [0.25, 0.3) is 5.91 Å². The van der Waals surface area contributed by atoms with Gasteiger partial charge in [0.2, 0.25) is 0 Å². The lowest BCUT2D eigenvalue weighted by atomic mass is 10.1. The van der Waals surface area contributed by atoms with E-state index in [2.05, 4.69) is 57.7 Å². The third-order valence-corrected chi connectivity index (χ3v) is 4.62. The summed E-state index contributed by atoms with van der Waals surface area (Å²) in [6, 6.07) is 7.59. The van der Waals surface area contributed by atoms with E-state index in [0.29, 0.717) is 17.3 Å². The predicted molar refractivity (Wildman–Crippen MR) is 79.0 cm³/mol. The Morgan fingerprint density at radius 1 is 1.44 bits per heavy atom. The standard InChI is InChI=1S/C12H15BrINO/c1-8(2)10(13)7-15-12(16)9-5-3-4-6-11(9)14/h3-6,8,10H,7H2,1-2H3,(H,15,16). The van der Waals surface area contributed by atoms with E-state index in [1.165, 1.54) is 0 Å². The Bertz CT molecular complexity index is 368. The molecule has 1 rings (SSSR count). The maximum atomic E-state index is 11.9. The van der Waals surface area contributed by atoms with Crippen LogP contribution in [0.4, 0.5) is 0 Å². The van der Waals surface area contributed by atoms with Crippen LogP contribution in [0.3, 0.4) is 0 Å². The van der Waals surface area contributed by atoms with Gasteiger partial charge >= 0.3 is 0 Å². The van der Waals surface area contributed by atoms with Crippen LogP contribution in [0.5, 0.6) is 0 Å². The second kappa shape index (κ2) is 6.59. The van der Waals surface area contributed by atoms with Crippen molar-refractivity contribution >= 4 is 44.4 Å². The molecular weight excluding hydrogens is 381 g/mol. The Hall–Kier alpha value is -0.100. The minimum absolute atomic E-state index is 0.00454. The van der Waals surface area contributed by atoms with E-state index in [9.17, 15) is 4.79 Å². The number of amides is 1. The lowest BCUT2D eigenvalue weighted by Gasteiger charge is -2.14. The van der Waals surface area contributed by atoms with Gasteiger partial charge in [0.15, 0.2) is 0 Å². The number of halogens is 2. The molecule has 0 aliphatic carbocycles. The number of alkyl halides is 1. The first-order valence-corrected chi connectivity index (χ1v) is 7.18. The average Bonchev–Trinajstić information content (AvgIpc) is 2.25. The van der Waals surface area contributed by atoms with Gasteiger partial charge in [-0.1, -0.05) is 41.9 Å². The molecule has 1 amide bonds. The van der Waals surface area contributed by atoms with E-state index in [1.54, 1.807) is 0 Å². The van der Waals surface area contributed by atoms with Gasteiger partial charge in [-0.2, -0.15) is 0 Å². The van der Waals surface area contributed by atoms with E-state index in [1.807, 2.05) is 24.3 Å². The van der Waals surface area contributed by atoms with Crippen molar-refractivity contribution in [3.63, 3.8) is 0 Å². The fourth-order valence-corrected chi connectivity index (χ4v) is 1.96. The molecule has 1 atom stereocenters. The van der Waals surface area contributed by atoms with Crippen molar-refractivity contribution in [3.8, 4) is 0 Å². The number of hydrogen-bond donors (Lipinski definition) is 1. The highest BCUT2D eigenvalue weighted by atomic mass is 127. The van der Waals surface area contributed by atoms with E-state index in [0.717, 1.165) is 9.13 Å². The van der Waals surface area contributed by atoms with Crippen molar-refractivity contribution < 1.29 is 4.79 Å². The molecule has 0 saturated carbocycles. The fraction of sp³-hybridized carbons (Fsp3) is 0.417. The first kappa shape index (κ1) is 14.0. The van der Waals surface area contributed by atoms with Crippen LogP contribution in [-0.2, 0) is 0 Å². The smallest absolute Gasteiger partial charge is 0.252 e. The monoisotopic (exact) mass is 395 g/mol. The van der Waals surface area contributed by atoms with Crippen molar-refractivity contribution in [2.75, 3.05) is 6.54 Å². The number of benzene rings is 1. The Morgan fingerprint density at radius 3 is 2.62 bits per heavy atom. The Kier molecular flexibility index (Phi) is 5.75. The normalized spacial score (nSPS) is 12.6. The molecule has 0 saturated heterocycles. The number of carbonyl (C=O) groups excluding carboxylic acids is 1. The number of carbonyl (C=O) groups is 1. The van der Waals surface area contributed by atoms with Gasteiger partial charge in [-0.15, -0.1) is 0 Å². The van der Waals surface area contributed by atoms with Crippen LogP contribution in [0.15, 0.2) is 24.3 Å². The third-order valence-electron chi connectivity index (χ3n) is 2.30. The van der Waals surface area contributed by atoms with Crippen molar-refractivity contribution in [2.24, 2.45) is 5.92 Å². The highest BCUT2D eigenvalue weighted by Gasteiger charge is 2.13. The molecule has 0 aromatic heterocycles. The number of rotatable bonds is 4. The Labute approximate surface area is 118 Å². The SMILES string of the molecule is CC(C)C(Br)CNC(=O)c1ccccc1I. The Balaban J connectivity index is 2.57. The minimum Gasteiger partial charge on any atom is -0.351 e. The maximum Gasteiger partial charge on any atom is 0.252 e. The van der Waals surface area contributed by atoms with Gasteiger partial charge in [0, 0.05) is 14.9 Å². The summed E-state index contributed by atoms with van der Waals surface area (Å²) in [5, 5.41) is 2.93. The summed E-state index contributed by atoms with van der Waals surface area (Å²) in [4.78, 5) is 12.2. The first-order chi connectivity index (χ1) is 7.52. The van der Waals surface area contributed by atoms with Crippen molar-refractivity contribution in [1.82, 2.24) is 5.32 Å². The molecule has 2 nitrogen and oxygen atoms in total. The van der Waals surface area contributed by atoms with Gasteiger partial charge in [0.1, 0.15) is 0 Å². The molecule has 0 radical (unpaired) electrons. The maximum absolute atomic E-state index is 11.9. The largest absolute Gasteiger partial charge is 0.351 e. The Morgan fingerprint density at radius 2 is 2.06 bits per heavy atom. The van der Waals surface area contributed by atoms with Crippen molar-refractivity contribution in [1.29, 1.82) is 0 Å². The molecule has 0 aliphatic heterocycles. The molecular formula is C12H15BrINO. The fourth-order valence-electron chi connectivity index (χ4n) is 1.17. The highest BCUT2D eigenvalue weighted by molar-refractivity contribution is 14.1. The molecule has 0 bridgehead atoms. The molecule has 4 heteroatoms. The summed E-state index contributed by atoms with van der Waals surface area (Å²) >= 11 is 5.72. The lowest BCUT2D eigenvalue weighted by molar-refractivity contribution is 0.0952. The summed E-state index contributed by atoms with van der Waals surface area (Å²) < 4.78 is 0.980. The topological polar surface area (TPSA) is 29.1 Å². The quantitative estimate of drug-likeness (QED) is 0.614. The molecule has 0 spiro atoms. The first-order valence-electron chi connectivity index (χ1n) is 5.19. The zero-order valence-electron chi connectivity index (χ0n) is 9.34. The molecule has 0 aliphatic rings. The van der Waals surface area contributed by atoms with Gasteiger partial charge < -0.3 is 5.32 Å². The predicted octanol–water partition coefficient (Wildman–Crippen LogP) is 3.44. The van der Waals surface area contributed by atoms with Crippen LogP contribution in [0.2, 0.25) is 0 Å². The van der Waals surface area contributed by atoms with Crippen molar-refractivity contribution in [3.05, 3.63) is 33.4 Å². The van der Waals surface area contributed by atoms with Crippen molar-refractivity contribution in [2.45, 2.75) is 18.7 Å². The molecule has 0 heterocycles. The van der Waals surface area contributed by atoms with Crippen LogP contribution in [0.1, 0.15) is 24.2 Å². The zero-order valence-corrected chi connectivity index (χ0v) is 13.1. The van der Waals surface area contributed by atoms with Gasteiger partial charge in [-0.25, -0.2) is 0 Å².